The van der Waals surface area contributed by atoms with Crippen molar-refractivity contribution in [2.75, 3.05) is 7.05 Å². The highest BCUT2D eigenvalue weighted by Crippen LogP contribution is 2.25. The summed E-state index contributed by atoms with van der Waals surface area (Å²) < 4.78 is 0.746. The van der Waals surface area contributed by atoms with Crippen molar-refractivity contribution < 1.29 is 4.79 Å². The van der Waals surface area contributed by atoms with Gasteiger partial charge in [-0.3, -0.25) is 4.79 Å². The first kappa shape index (κ1) is 15.1. The Labute approximate surface area is 138 Å². The molecule has 0 fully saturated rings. The van der Waals surface area contributed by atoms with Crippen molar-refractivity contribution in [1.29, 1.82) is 0 Å². The lowest BCUT2D eigenvalue weighted by Crippen LogP contribution is -2.25. The third-order valence-electron chi connectivity index (χ3n) is 3.92. The zero-order valence-electron chi connectivity index (χ0n) is 12.7. The van der Waals surface area contributed by atoms with Gasteiger partial charge in [0, 0.05) is 34.1 Å². The maximum Gasteiger partial charge on any atom is 0.253 e. The zero-order valence-corrected chi connectivity index (χ0v) is 14.3. The molecule has 0 saturated carbocycles. The highest BCUT2D eigenvalue weighted by molar-refractivity contribution is 7.16. The van der Waals surface area contributed by atoms with E-state index in [1.165, 1.54) is 16.9 Å². The molecular formula is C17H17ClN2OS. The first-order chi connectivity index (χ1) is 10.5. The predicted octanol–water partition coefficient (Wildman–Crippen LogP) is 4.77. The normalized spacial score (nSPS) is 11.1. The minimum Gasteiger partial charge on any atom is -0.358 e. The Kier molecular flexibility index (Phi) is 3.98. The number of halogens is 1. The van der Waals surface area contributed by atoms with Crippen LogP contribution in [0.25, 0.3) is 10.9 Å². The summed E-state index contributed by atoms with van der Waals surface area (Å²) in [4.78, 5) is 18.7. The number of carbonyl (C=O) groups excluding carboxylic acids is 1. The van der Waals surface area contributed by atoms with E-state index >= 15 is 0 Å². The van der Waals surface area contributed by atoms with E-state index in [0.717, 1.165) is 25.8 Å². The van der Waals surface area contributed by atoms with Crippen LogP contribution in [0, 0.1) is 13.8 Å². The molecule has 2 aromatic heterocycles. The van der Waals surface area contributed by atoms with E-state index in [-0.39, 0.29) is 5.91 Å². The molecule has 0 aliphatic carbocycles. The number of nitrogens with one attached hydrogen (secondary N) is 1. The molecule has 0 bridgehead atoms. The molecule has 3 nitrogen and oxygen atoms in total. The third-order valence-corrected chi connectivity index (χ3v) is 5.14. The van der Waals surface area contributed by atoms with Crippen molar-refractivity contribution >= 4 is 39.7 Å². The van der Waals surface area contributed by atoms with Gasteiger partial charge >= 0.3 is 0 Å². The van der Waals surface area contributed by atoms with Gasteiger partial charge in [-0.25, -0.2) is 0 Å². The first-order valence-corrected chi connectivity index (χ1v) is 8.24. The van der Waals surface area contributed by atoms with Crippen LogP contribution in [0.2, 0.25) is 4.34 Å². The molecule has 3 rings (SSSR count). The summed E-state index contributed by atoms with van der Waals surface area (Å²) in [5.74, 6) is 0.0182. The van der Waals surface area contributed by atoms with Gasteiger partial charge in [0.25, 0.3) is 5.91 Å². The number of fused-ring (bicyclic) bond motifs is 1. The van der Waals surface area contributed by atoms with Gasteiger partial charge in [-0.15, -0.1) is 11.3 Å². The van der Waals surface area contributed by atoms with Crippen LogP contribution in [-0.4, -0.2) is 22.8 Å². The number of amides is 1. The Bertz CT molecular complexity index is 850. The fraction of sp³-hybridized carbons (Fsp3) is 0.235. The second-order valence-electron chi connectivity index (χ2n) is 5.50. The lowest BCUT2D eigenvalue weighted by Gasteiger charge is -2.16. The largest absolute Gasteiger partial charge is 0.358 e. The molecule has 2 heterocycles. The fourth-order valence-corrected chi connectivity index (χ4v) is 3.70. The van der Waals surface area contributed by atoms with Crippen LogP contribution in [-0.2, 0) is 6.54 Å². The average Bonchev–Trinajstić information content (AvgIpc) is 3.02. The molecule has 0 aliphatic heterocycles. The maximum atomic E-state index is 12.6. The molecule has 0 spiro atoms. The van der Waals surface area contributed by atoms with E-state index in [1.807, 2.05) is 44.3 Å². The van der Waals surface area contributed by atoms with Crippen molar-refractivity contribution in [3.63, 3.8) is 0 Å². The summed E-state index contributed by atoms with van der Waals surface area (Å²) in [5.41, 5.74) is 4.11. The monoisotopic (exact) mass is 332 g/mol. The number of H-pyrrole nitrogens is 1. The number of thiophene rings is 1. The summed E-state index contributed by atoms with van der Waals surface area (Å²) in [6.07, 6.45) is 0. The average molecular weight is 333 g/mol. The molecule has 0 saturated heterocycles. The van der Waals surface area contributed by atoms with Gasteiger partial charge in [-0.05, 0) is 49.7 Å². The Hall–Kier alpha value is -1.78. The van der Waals surface area contributed by atoms with Gasteiger partial charge in [0.15, 0.2) is 0 Å². The molecule has 0 unspecified atom stereocenters. The Morgan fingerprint density at radius 1 is 1.27 bits per heavy atom. The van der Waals surface area contributed by atoms with Gasteiger partial charge in [0.05, 0.1) is 10.9 Å². The molecule has 1 N–H and O–H groups in total. The lowest BCUT2D eigenvalue weighted by atomic mass is 10.1. The Morgan fingerprint density at radius 2 is 2.05 bits per heavy atom. The van der Waals surface area contributed by atoms with E-state index < -0.39 is 0 Å². The Morgan fingerprint density at radius 3 is 2.73 bits per heavy atom. The predicted molar refractivity (Wildman–Crippen MR) is 92.9 cm³/mol. The number of nitrogens with zero attached hydrogens (tertiary/aromatic N) is 1. The number of aromatic amines is 1. The maximum absolute atomic E-state index is 12.6. The second kappa shape index (κ2) is 5.78. The molecule has 114 valence electrons. The highest BCUT2D eigenvalue weighted by Gasteiger charge is 2.15. The number of carbonyl (C=O) groups is 1. The van der Waals surface area contributed by atoms with Crippen molar-refractivity contribution in [2.45, 2.75) is 20.4 Å². The standard InChI is InChI=1S/C17H17ClN2OS/c1-10-11(2)19-15-6-4-12(8-14(10)15)17(21)20(3)9-13-5-7-16(18)22-13/h4-8,19H,9H2,1-3H3. The number of hydrogen-bond acceptors (Lipinski definition) is 2. The van der Waals surface area contributed by atoms with Crippen LogP contribution < -0.4 is 0 Å². The van der Waals surface area contributed by atoms with E-state index in [2.05, 4.69) is 11.9 Å². The molecule has 0 atom stereocenters. The molecule has 0 radical (unpaired) electrons. The lowest BCUT2D eigenvalue weighted by molar-refractivity contribution is 0.0786. The summed E-state index contributed by atoms with van der Waals surface area (Å²) in [6.45, 7) is 4.68. The first-order valence-electron chi connectivity index (χ1n) is 7.04. The molecule has 5 heteroatoms. The van der Waals surface area contributed by atoms with Crippen LogP contribution in [0.4, 0.5) is 0 Å². The van der Waals surface area contributed by atoms with Gasteiger partial charge in [0.1, 0.15) is 0 Å². The minimum absolute atomic E-state index is 0.0182. The van der Waals surface area contributed by atoms with Crippen LogP contribution in [0.1, 0.15) is 26.5 Å². The van der Waals surface area contributed by atoms with Crippen molar-refractivity contribution in [3.8, 4) is 0 Å². The van der Waals surface area contributed by atoms with E-state index in [4.69, 9.17) is 11.6 Å². The van der Waals surface area contributed by atoms with Crippen LogP contribution in [0.5, 0.6) is 0 Å². The third kappa shape index (κ3) is 2.76. The molecule has 3 aromatic rings. The molecule has 1 amide bonds. The second-order valence-corrected chi connectivity index (χ2v) is 7.30. The number of benzene rings is 1. The molecule has 0 aliphatic rings. The number of aryl methyl sites for hydroxylation is 2. The molecule has 22 heavy (non-hydrogen) atoms. The smallest absolute Gasteiger partial charge is 0.253 e. The fourth-order valence-electron chi connectivity index (χ4n) is 2.56. The topological polar surface area (TPSA) is 36.1 Å². The van der Waals surface area contributed by atoms with Crippen LogP contribution in [0.3, 0.4) is 0 Å². The quantitative estimate of drug-likeness (QED) is 0.736. The van der Waals surface area contributed by atoms with Crippen molar-refractivity contribution in [1.82, 2.24) is 9.88 Å². The zero-order chi connectivity index (χ0) is 15.9. The number of aromatic nitrogens is 1. The summed E-state index contributed by atoms with van der Waals surface area (Å²) in [6, 6.07) is 9.63. The van der Waals surface area contributed by atoms with Crippen molar-refractivity contribution in [2.24, 2.45) is 0 Å². The summed E-state index contributed by atoms with van der Waals surface area (Å²) >= 11 is 7.44. The van der Waals surface area contributed by atoms with Crippen LogP contribution in [0.15, 0.2) is 30.3 Å². The van der Waals surface area contributed by atoms with Gasteiger partial charge in [-0.1, -0.05) is 11.6 Å². The van der Waals surface area contributed by atoms with Crippen LogP contribution >= 0.6 is 22.9 Å². The number of hydrogen-bond donors (Lipinski definition) is 1. The SMILES string of the molecule is Cc1[nH]c2ccc(C(=O)N(C)Cc3ccc(Cl)s3)cc2c1C. The van der Waals surface area contributed by atoms with Crippen molar-refractivity contribution in [3.05, 3.63) is 56.4 Å². The Balaban J connectivity index is 1.86. The van der Waals surface area contributed by atoms with Gasteiger partial charge in [-0.2, -0.15) is 0 Å². The number of rotatable bonds is 3. The van der Waals surface area contributed by atoms with Gasteiger partial charge < -0.3 is 9.88 Å². The molecular weight excluding hydrogens is 316 g/mol. The van der Waals surface area contributed by atoms with Gasteiger partial charge in [0.2, 0.25) is 0 Å². The van der Waals surface area contributed by atoms with E-state index in [0.29, 0.717) is 12.1 Å². The van der Waals surface area contributed by atoms with E-state index in [9.17, 15) is 4.79 Å². The summed E-state index contributed by atoms with van der Waals surface area (Å²) in [5, 5.41) is 1.11. The highest BCUT2D eigenvalue weighted by atomic mass is 35.5. The molecule has 1 aromatic carbocycles. The summed E-state index contributed by atoms with van der Waals surface area (Å²) in [7, 11) is 1.81. The minimum atomic E-state index is 0.0182. The van der Waals surface area contributed by atoms with E-state index in [1.54, 1.807) is 4.90 Å².